The van der Waals surface area contributed by atoms with E-state index in [4.69, 9.17) is 15.2 Å². The van der Waals surface area contributed by atoms with Crippen molar-refractivity contribution in [2.75, 3.05) is 19.8 Å². The Balaban J connectivity index is 0.00000208. The zero-order valence-electron chi connectivity index (χ0n) is 13.9. The fraction of sp³-hybridized carbons (Fsp3) is 0.611. The maximum Gasteiger partial charge on any atom is 0.251 e. The molecule has 3 rings (SSSR count). The van der Waals surface area contributed by atoms with Crippen LogP contribution in [0, 0.1) is 5.92 Å². The van der Waals surface area contributed by atoms with E-state index in [1.54, 1.807) is 6.07 Å². The van der Waals surface area contributed by atoms with Gasteiger partial charge in [0.1, 0.15) is 12.4 Å². The van der Waals surface area contributed by atoms with Crippen LogP contribution in [0.4, 0.5) is 0 Å². The van der Waals surface area contributed by atoms with E-state index in [0.29, 0.717) is 24.6 Å². The predicted octanol–water partition coefficient (Wildman–Crippen LogP) is 2.52. The summed E-state index contributed by atoms with van der Waals surface area (Å²) in [6.45, 7) is 2.00. The normalized spacial score (nSPS) is 26.0. The summed E-state index contributed by atoms with van der Waals surface area (Å²) in [7, 11) is 0. The molecule has 2 fully saturated rings. The first kappa shape index (κ1) is 19.0. The highest BCUT2D eigenvalue weighted by molar-refractivity contribution is 5.94. The summed E-state index contributed by atoms with van der Waals surface area (Å²) in [5.41, 5.74) is 6.42. The van der Waals surface area contributed by atoms with Crippen LogP contribution in [0.25, 0.3) is 0 Å². The summed E-state index contributed by atoms with van der Waals surface area (Å²) in [6.07, 6.45) is 5.57. The van der Waals surface area contributed by atoms with Crippen LogP contribution in [0.5, 0.6) is 5.75 Å². The van der Waals surface area contributed by atoms with Gasteiger partial charge in [-0.3, -0.25) is 4.79 Å². The van der Waals surface area contributed by atoms with Gasteiger partial charge >= 0.3 is 0 Å². The van der Waals surface area contributed by atoms with Crippen LogP contribution in [0.1, 0.15) is 42.5 Å². The molecule has 0 radical (unpaired) electrons. The van der Waals surface area contributed by atoms with E-state index in [-0.39, 0.29) is 30.5 Å². The van der Waals surface area contributed by atoms with E-state index in [9.17, 15) is 4.79 Å². The van der Waals surface area contributed by atoms with Crippen molar-refractivity contribution < 1.29 is 14.3 Å². The van der Waals surface area contributed by atoms with Crippen LogP contribution in [0.3, 0.4) is 0 Å². The molecule has 1 saturated carbocycles. The molecule has 1 aliphatic heterocycles. The minimum atomic E-state index is -0.0436. The minimum Gasteiger partial charge on any atom is -0.491 e. The molecule has 1 aliphatic carbocycles. The van der Waals surface area contributed by atoms with Gasteiger partial charge in [0.05, 0.1) is 6.10 Å². The third-order valence-electron chi connectivity index (χ3n) is 4.83. The Morgan fingerprint density at radius 2 is 2.17 bits per heavy atom. The molecule has 1 aromatic rings. The topological polar surface area (TPSA) is 73.6 Å². The van der Waals surface area contributed by atoms with E-state index in [0.717, 1.165) is 44.5 Å². The molecule has 0 bridgehead atoms. The maximum atomic E-state index is 12.4. The first-order valence-electron chi connectivity index (χ1n) is 8.61. The number of rotatable bonds is 6. The molecule has 1 amide bonds. The monoisotopic (exact) mass is 354 g/mol. The van der Waals surface area contributed by atoms with E-state index in [1.165, 1.54) is 0 Å². The van der Waals surface area contributed by atoms with Crippen LogP contribution in [0.15, 0.2) is 24.3 Å². The number of nitrogens with one attached hydrogen (secondary N) is 1. The van der Waals surface area contributed by atoms with Gasteiger partial charge in [0.15, 0.2) is 0 Å². The van der Waals surface area contributed by atoms with E-state index in [1.807, 2.05) is 18.2 Å². The van der Waals surface area contributed by atoms with Crippen molar-refractivity contribution in [3.8, 4) is 5.75 Å². The second-order valence-corrected chi connectivity index (χ2v) is 6.48. The molecular formula is C18H27ClN2O3. The van der Waals surface area contributed by atoms with Crippen LogP contribution < -0.4 is 15.8 Å². The minimum absolute atomic E-state index is 0. The van der Waals surface area contributed by atoms with Gasteiger partial charge in [-0.15, -0.1) is 12.4 Å². The zero-order valence-corrected chi connectivity index (χ0v) is 14.7. The zero-order chi connectivity index (χ0) is 16.1. The van der Waals surface area contributed by atoms with Gasteiger partial charge in [0, 0.05) is 18.2 Å². The van der Waals surface area contributed by atoms with Crippen molar-refractivity contribution in [2.45, 2.75) is 44.2 Å². The van der Waals surface area contributed by atoms with E-state index >= 15 is 0 Å². The Morgan fingerprint density at radius 1 is 1.29 bits per heavy atom. The molecule has 5 nitrogen and oxygen atoms in total. The third-order valence-corrected chi connectivity index (χ3v) is 4.83. The van der Waals surface area contributed by atoms with E-state index in [2.05, 4.69) is 5.32 Å². The predicted molar refractivity (Wildman–Crippen MR) is 95.8 cm³/mol. The molecule has 2 aliphatic rings. The molecule has 3 atom stereocenters. The first-order chi connectivity index (χ1) is 11.3. The van der Waals surface area contributed by atoms with Crippen LogP contribution in [-0.2, 0) is 4.74 Å². The summed E-state index contributed by atoms with van der Waals surface area (Å²) in [4.78, 5) is 12.4. The Labute approximate surface area is 149 Å². The molecule has 0 aromatic heterocycles. The third kappa shape index (κ3) is 4.85. The molecule has 3 N–H and O–H groups in total. The highest BCUT2D eigenvalue weighted by atomic mass is 35.5. The van der Waals surface area contributed by atoms with Crippen LogP contribution in [0.2, 0.25) is 0 Å². The van der Waals surface area contributed by atoms with Gasteiger partial charge in [-0.05, 0) is 56.3 Å². The molecule has 6 heteroatoms. The first-order valence-corrected chi connectivity index (χ1v) is 8.61. The fourth-order valence-corrected chi connectivity index (χ4v) is 3.45. The Kier molecular flexibility index (Phi) is 7.34. The molecule has 1 heterocycles. The number of carbonyl (C=O) groups is 1. The summed E-state index contributed by atoms with van der Waals surface area (Å²) < 4.78 is 11.3. The lowest BCUT2D eigenvalue weighted by Crippen LogP contribution is -2.39. The van der Waals surface area contributed by atoms with Crippen LogP contribution >= 0.6 is 12.4 Å². The lowest BCUT2D eigenvalue weighted by atomic mass is 10.0. The highest BCUT2D eigenvalue weighted by Gasteiger charge is 2.27. The molecular weight excluding hydrogens is 328 g/mol. The number of ether oxygens (including phenoxy) is 2. The number of hydrogen-bond acceptors (Lipinski definition) is 4. The largest absolute Gasteiger partial charge is 0.491 e. The second-order valence-electron chi connectivity index (χ2n) is 6.48. The Hall–Kier alpha value is -1.30. The summed E-state index contributed by atoms with van der Waals surface area (Å²) >= 11 is 0. The van der Waals surface area contributed by atoms with Crippen molar-refractivity contribution in [1.29, 1.82) is 0 Å². The van der Waals surface area contributed by atoms with Crippen LogP contribution in [-0.4, -0.2) is 37.8 Å². The number of amides is 1. The maximum absolute atomic E-state index is 12.4. The summed E-state index contributed by atoms with van der Waals surface area (Å²) in [5.74, 6) is 1.07. The second kappa shape index (κ2) is 9.25. The van der Waals surface area contributed by atoms with Gasteiger partial charge < -0.3 is 20.5 Å². The van der Waals surface area contributed by atoms with Crippen molar-refractivity contribution in [3.63, 3.8) is 0 Å². The SMILES string of the molecule is Cl.NCC1CCCC1NC(=O)c1cccc(OCC2CCCO2)c1. The smallest absolute Gasteiger partial charge is 0.251 e. The quantitative estimate of drug-likeness (QED) is 0.823. The molecule has 1 aromatic carbocycles. The van der Waals surface area contributed by atoms with Gasteiger partial charge in [-0.2, -0.15) is 0 Å². The number of hydrogen-bond donors (Lipinski definition) is 2. The summed E-state index contributed by atoms with van der Waals surface area (Å²) in [6, 6.07) is 7.56. The van der Waals surface area contributed by atoms with E-state index < -0.39 is 0 Å². The van der Waals surface area contributed by atoms with Crippen molar-refractivity contribution in [3.05, 3.63) is 29.8 Å². The lowest BCUT2D eigenvalue weighted by Gasteiger charge is -2.19. The van der Waals surface area contributed by atoms with Crippen molar-refractivity contribution in [1.82, 2.24) is 5.32 Å². The van der Waals surface area contributed by atoms with Gasteiger partial charge in [-0.1, -0.05) is 12.5 Å². The van der Waals surface area contributed by atoms with Crippen molar-refractivity contribution >= 4 is 18.3 Å². The molecule has 1 saturated heterocycles. The van der Waals surface area contributed by atoms with Gasteiger partial charge in [-0.25, -0.2) is 0 Å². The van der Waals surface area contributed by atoms with Gasteiger partial charge in [0.2, 0.25) is 0 Å². The Bertz CT molecular complexity index is 535. The number of nitrogens with two attached hydrogens (primary N) is 1. The molecule has 24 heavy (non-hydrogen) atoms. The lowest BCUT2D eigenvalue weighted by molar-refractivity contribution is 0.0679. The number of benzene rings is 1. The number of halogens is 1. The molecule has 0 spiro atoms. The average molecular weight is 355 g/mol. The van der Waals surface area contributed by atoms with Crippen molar-refractivity contribution in [2.24, 2.45) is 11.7 Å². The standard InChI is InChI=1S/C18H26N2O3.ClH/c19-11-14-5-2-8-17(14)20-18(21)13-4-1-6-15(10-13)23-12-16-7-3-9-22-16;/h1,4,6,10,14,16-17H,2-3,5,7-9,11-12,19H2,(H,20,21);1H. The fourth-order valence-electron chi connectivity index (χ4n) is 3.45. The average Bonchev–Trinajstić information content (AvgIpc) is 3.24. The molecule has 3 unspecified atom stereocenters. The summed E-state index contributed by atoms with van der Waals surface area (Å²) in [5, 5.41) is 3.12. The van der Waals surface area contributed by atoms with Gasteiger partial charge in [0.25, 0.3) is 5.91 Å². The Morgan fingerprint density at radius 3 is 2.92 bits per heavy atom. The molecule has 134 valence electrons. The highest BCUT2D eigenvalue weighted by Crippen LogP contribution is 2.25. The number of carbonyl (C=O) groups excluding carboxylic acids is 1.